The van der Waals surface area contributed by atoms with Crippen molar-refractivity contribution in [3.8, 4) is 0 Å². The minimum absolute atomic E-state index is 0.0972. The van der Waals surface area contributed by atoms with Crippen molar-refractivity contribution in [3.05, 3.63) is 75.0 Å². The van der Waals surface area contributed by atoms with E-state index in [2.05, 4.69) is 15.7 Å². The fraction of sp³-hybridized carbons (Fsp3) is 0.238. The maximum absolute atomic E-state index is 11.4. The van der Waals surface area contributed by atoms with Gasteiger partial charge in [-0.1, -0.05) is 47.5 Å². The average molecular weight is 417 g/mol. The number of hydrogen-bond acceptors (Lipinski definition) is 3. The number of rotatable bonds is 6. The molecule has 146 valence electrons. The number of aryl methyl sites for hydroxylation is 2. The Balaban J connectivity index is 1.76. The Morgan fingerprint density at radius 1 is 1.14 bits per heavy atom. The molecule has 3 rings (SSSR count). The highest BCUT2D eigenvalue weighted by Gasteiger charge is 2.14. The van der Waals surface area contributed by atoms with Crippen molar-refractivity contribution in [1.29, 1.82) is 0 Å². The van der Waals surface area contributed by atoms with Gasteiger partial charge in [0.15, 0.2) is 0 Å². The molecule has 0 atom stereocenters. The Morgan fingerprint density at radius 2 is 1.89 bits per heavy atom. The second-order valence-corrected chi connectivity index (χ2v) is 7.43. The molecular formula is C21H22Cl2N4O. The first-order chi connectivity index (χ1) is 13.3. The molecule has 7 heteroatoms. The molecule has 0 aliphatic carbocycles. The van der Waals surface area contributed by atoms with Gasteiger partial charge < -0.3 is 10.6 Å². The number of nitrogens with zero attached hydrogens (tertiary/aromatic N) is 2. The molecular weight excluding hydrogens is 395 g/mol. The predicted octanol–water partition coefficient (Wildman–Crippen LogP) is 5.43. The number of carbonyl (C=O) groups excluding carboxylic acids is 1. The zero-order valence-corrected chi connectivity index (χ0v) is 17.5. The Morgan fingerprint density at radius 3 is 2.61 bits per heavy atom. The zero-order chi connectivity index (χ0) is 20.3. The summed E-state index contributed by atoms with van der Waals surface area (Å²) in [5.41, 5.74) is 5.43. The fourth-order valence-electron chi connectivity index (χ4n) is 2.93. The molecule has 2 N–H and O–H groups in total. The number of benzene rings is 2. The van der Waals surface area contributed by atoms with Gasteiger partial charge in [-0.2, -0.15) is 5.10 Å². The molecule has 0 spiro atoms. The lowest BCUT2D eigenvalue weighted by molar-refractivity contribution is -0.114. The standard InChI is InChI=1S/C21H22Cl2N4O/c1-13-8-9-17(10-20(13)25-15(3)28)24-11-18-14(2)26-27(21(18)23)12-16-6-4-5-7-19(16)22/h4-10,24H,11-12H2,1-3H3,(H,25,28). The smallest absolute Gasteiger partial charge is 0.221 e. The number of amides is 1. The Kier molecular flexibility index (Phi) is 6.27. The van der Waals surface area contributed by atoms with Gasteiger partial charge in [0.05, 0.1) is 12.2 Å². The molecule has 2 aromatic carbocycles. The van der Waals surface area contributed by atoms with Crippen molar-refractivity contribution in [1.82, 2.24) is 9.78 Å². The summed E-state index contributed by atoms with van der Waals surface area (Å²) in [6.07, 6.45) is 0. The number of nitrogens with one attached hydrogen (secondary N) is 2. The second kappa shape index (κ2) is 8.67. The van der Waals surface area contributed by atoms with Crippen LogP contribution >= 0.6 is 23.2 Å². The molecule has 0 bridgehead atoms. The van der Waals surface area contributed by atoms with Gasteiger partial charge >= 0.3 is 0 Å². The summed E-state index contributed by atoms with van der Waals surface area (Å²) >= 11 is 12.8. The van der Waals surface area contributed by atoms with Gasteiger partial charge in [0, 0.05) is 35.4 Å². The predicted molar refractivity (Wildman–Crippen MR) is 115 cm³/mol. The molecule has 0 aliphatic rings. The SMILES string of the molecule is CC(=O)Nc1cc(NCc2c(C)nn(Cc3ccccc3Cl)c2Cl)ccc1C. The molecule has 0 radical (unpaired) electrons. The van der Waals surface area contributed by atoms with Crippen molar-refractivity contribution in [2.45, 2.75) is 33.9 Å². The summed E-state index contributed by atoms with van der Waals surface area (Å²) < 4.78 is 1.76. The minimum atomic E-state index is -0.0972. The highest BCUT2D eigenvalue weighted by molar-refractivity contribution is 6.31. The number of hydrogen-bond donors (Lipinski definition) is 2. The highest BCUT2D eigenvalue weighted by Crippen LogP contribution is 2.25. The van der Waals surface area contributed by atoms with E-state index in [4.69, 9.17) is 23.2 Å². The van der Waals surface area contributed by atoms with Gasteiger partial charge in [0.2, 0.25) is 5.91 Å². The quantitative estimate of drug-likeness (QED) is 0.563. The molecule has 1 amide bonds. The molecule has 5 nitrogen and oxygen atoms in total. The summed E-state index contributed by atoms with van der Waals surface area (Å²) in [4.78, 5) is 11.4. The molecule has 0 saturated heterocycles. The number of anilines is 2. The largest absolute Gasteiger partial charge is 0.381 e. The fourth-order valence-corrected chi connectivity index (χ4v) is 3.43. The van der Waals surface area contributed by atoms with E-state index >= 15 is 0 Å². The van der Waals surface area contributed by atoms with Crippen LogP contribution in [0.25, 0.3) is 0 Å². The van der Waals surface area contributed by atoms with E-state index in [0.29, 0.717) is 23.3 Å². The monoisotopic (exact) mass is 416 g/mol. The number of halogens is 2. The summed E-state index contributed by atoms with van der Waals surface area (Å²) in [6, 6.07) is 13.5. The molecule has 0 aliphatic heterocycles. The average Bonchev–Trinajstić information content (AvgIpc) is 2.90. The molecule has 0 saturated carbocycles. The van der Waals surface area contributed by atoms with Crippen molar-refractivity contribution in [2.24, 2.45) is 0 Å². The topological polar surface area (TPSA) is 59.0 Å². The Bertz CT molecular complexity index is 1010. The second-order valence-electron chi connectivity index (χ2n) is 6.67. The van der Waals surface area contributed by atoms with Gasteiger partial charge in [0.1, 0.15) is 5.15 Å². The number of carbonyl (C=O) groups is 1. The van der Waals surface area contributed by atoms with Crippen LogP contribution in [0.15, 0.2) is 42.5 Å². The van der Waals surface area contributed by atoms with Crippen LogP contribution in [-0.2, 0) is 17.9 Å². The van der Waals surface area contributed by atoms with E-state index in [0.717, 1.165) is 33.8 Å². The lowest BCUT2D eigenvalue weighted by atomic mass is 10.1. The van der Waals surface area contributed by atoms with Gasteiger partial charge in [-0.05, 0) is 43.2 Å². The van der Waals surface area contributed by atoms with Crippen molar-refractivity contribution < 1.29 is 4.79 Å². The Hall–Kier alpha value is -2.50. The van der Waals surface area contributed by atoms with E-state index in [-0.39, 0.29) is 5.91 Å². The first-order valence-electron chi connectivity index (χ1n) is 8.92. The Labute approximate surface area is 174 Å². The van der Waals surface area contributed by atoms with Gasteiger partial charge in [-0.15, -0.1) is 0 Å². The maximum atomic E-state index is 11.4. The zero-order valence-electron chi connectivity index (χ0n) is 16.0. The van der Waals surface area contributed by atoms with Crippen LogP contribution < -0.4 is 10.6 Å². The van der Waals surface area contributed by atoms with E-state index in [1.807, 2.05) is 56.3 Å². The summed E-state index contributed by atoms with van der Waals surface area (Å²) in [5.74, 6) is -0.0972. The van der Waals surface area contributed by atoms with Crippen LogP contribution in [0.1, 0.15) is 29.3 Å². The van der Waals surface area contributed by atoms with Crippen molar-refractivity contribution in [3.63, 3.8) is 0 Å². The van der Waals surface area contributed by atoms with Crippen LogP contribution in [0.5, 0.6) is 0 Å². The molecule has 1 heterocycles. The van der Waals surface area contributed by atoms with Gasteiger partial charge in [-0.25, -0.2) is 4.68 Å². The van der Waals surface area contributed by atoms with Crippen LogP contribution in [0.3, 0.4) is 0 Å². The van der Waals surface area contributed by atoms with Crippen LogP contribution in [0.4, 0.5) is 11.4 Å². The summed E-state index contributed by atoms with van der Waals surface area (Å²) in [6.45, 7) is 6.42. The number of aromatic nitrogens is 2. The molecule has 3 aromatic rings. The molecule has 0 unspecified atom stereocenters. The molecule has 1 aromatic heterocycles. The van der Waals surface area contributed by atoms with E-state index < -0.39 is 0 Å². The lowest BCUT2D eigenvalue weighted by Crippen LogP contribution is -2.08. The van der Waals surface area contributed by atoms with Gasteiger partial charge in [0.25, 0.3) is 0 Å². The van der Waals surface area contributed by atoms with Crippen molar-refractivity contribution in [2.75, 3.05) is 10.6 Å². The van der Waals surface area contributed by atoms with E-state index in [9.17, 15) is 4.79 Å². The normalized spacial score (nSPS) is 10.8. The first-order valence-corrected chi connectivity index (χ1v) is 9.68. The van der Waals surface area contributed by atoms with Crippen LogP contribution in [0, 0.1) is 13.8 Å². The minimum Gasteiger partial charge on any atom is -0.381 e. The molecule has 0 fully saturated rings. The van der Waals surface area contributed by atoms with E-state index in [1.54, 1.807) is 4.68 Å². The third kappa shape index (κ3) is 4.66. The lowest BCUT2D eigenvalue weighted by Gasteiger charge is -2.11. The van der Waals surface area contributed by atoms with Crippen LogP contribution in [-0.4, -0.2) is 15.7 Å². The highest BCUT2D eigenvalue weighted by atomic mass is 35.5. The third-order valence-corrected chi connectivity index (χ3v) is 5.27. The van der Waals surface area contributed by atoms with E-state index in [1.165, 1.54) is 6.92 Å². The van der Waals surface area contributed by atoms with Crippen molar-refractivity contribution >= 4 is 40.5 Å². The van der Waals surface area contributed by atoms with Crippen LogP contribution in [0.2, 0.25) is 10.2 Å². The maximum Gasteiger partial charge on any atom is 0.221 e. The molecule has 28 heavy (non-hydrogen) atoms. The summed E-state index contributed by atoms with van der Waals surface area (Å²) in [7, 11) is 0. The van der Waals surface area contributed by atoms with Gasteiger partial charge in [-0.3, -0.25) is 4.79 Å². The summed E-state index contributed by atoms with van der Waals surface area (Å²) in [5, 5.41) is 12.0. The first kappa shape index (κ1) is 20.2. The third-order valence-electron chi connectivity index (χ3n) is 4.48.